The first-order valence-electron chi connectivity index (χ1n) is 6.20. The van der Waals surface area contributed by atoms with Gasteiger partial charge >= 0.3 is 0 Å². The number of amides is 1. The van der Waals surface area contributed by atoms with E-state index in [1.165, 1.54) is 12.1 Å². The van der Waals surface area contributed by atoms with Gasteiger partial charge in [-0.05, 0) is 12.5 Å². The number of nitrogens with zero attached hydrogens (tertiary/aromatic N) is 3. The second kappa shape index (κ2) is 5.92. The third-order valence-corrected chi connectivity index (χ3v) is 3.21. The Morgan fingerprint density at radius 1 is 1.52 bits per heavy atom. The Balaban J connectivity index is 2.26. The molecule has 0 aliphatic rings. The molecule has 1 aromatic carbocycles. The molecule has 110 valence electrons. The van der Waals surface area contributed by atoms with Crippen molar-refractivity contribution < 1.29 is 9.72 Å². The van der Waals surface area contributed by atoms with Crippen LogP contribution in [0.1, 0.15) is 23.0 Å². The second-order valence-corrected chi connectivity index (χ2v) is 4.80. The number of halogens is 1. The number of carbonyl (C=O) groups excluding carboxylic acids is 1. The van der Waals surface area contributed by atoms with Crippen molar-refractivity contribution in [1.29, 1.82) is 0 Å². The molecule has 1 N–H and O–H groups in total. The highest BCUT2D eigenvalue weighted by molar-refractivity contribution is 6.34. The number of aromatic nitrogens is 2. The predicted molar refractivity (Wildman–Crippen MR) is 78.6 cm³/mol. The Hall–Kier alpha value is -2.41. The van der Waals surface area contributed by atoms with E-state index in [0.717, 1.165) is 11.8 Å². The van der Waals surface area contributed by atoms with Crippen LogP contribution in [-0.2, 0) is 13.5 Å². The number of nitro groups is 1. The summed E-state index contributed by atoms with van der Waals surface area (Å²) in [5.74, 6) is -0.433. The van der Waals surface area contributed by atoms with Crippen LogP contribution >= 0.6 is 11.6 Å². The van der Waals surface area contributed by atoms with Crippen LogP contribution in [0.25, 0.3) is 0 Å². The van der Waals surface area contributed by atoms with Gasteiger partial charge in [-0.2, -0.15) is 5.10 Å². The highest BCUT2D eigenvalue weighted by Crippen LogP contribution is 2.24. The molecule has 21 heavy (non-hydrogen) atoms. The summed E-state index contributed by atoms with van der Waals surface area (Å²) in [7, 11) is 1.76. The van der Waals surface area contributed by atoms with Crippen LogP contribution in [0.5, 0.6) is 0 Å². The number of rotatable bonds is 4. The summed E-state index contributed by atoms with van der Waals surface area (Å²) in [5, 5.41) is 17.6. The fourth-order valence-corrected chi connectivity index (χ4v) is 2.15. The smallest absolute Gasteiger partial charge is 0.270 e. The molecule has 2 aromatic rings. The zero-order valence-corrected chi connectivity index (χ0v) is 12.2. The van der Waals surface area contributed by atoms with Crippen molar-refractivity contribution in [2.24, 2.45) is 7.05 Å². The molecule has 8 heteroatoms. The number of hydrogen-bond donors (Lipinski definition) is 1. The van der Waals surface area contributed by atoms with Crippen LogP contribution in [0.15, 0.2) is 24.4 Å². The molecular weight excluding hydrogens is 296 g/mol. The summed E-state index contributed by atoms with van der Waals surface area (Å²) >= 11 is 5.93. The molecule has 0 radical (unpaired) electrons. The standard InChI is InChI=1S/C13H13ClN4O3/c1-3-11-12(7-17(2)16-11)15-13(19)9-5-4-8(18(20)21)6-10(9)14/h4-7H,3H2,1-2H3,(H,15,19). The van der Waals surface area contributed by atoms with Crippen LogP contribution < -0.4 is 5.32 Å². The first-order chi connectivity index (χ1) is 9.92. The fourth-order valence-electron chi connectivity index (χ4n) is 1.89. The Kier molecular flexibility index (Phi) is 4.23. The Labute approximate surface area is 125 Å². The molecular formula is C13H13ClN4O3. The van der Waals surface area contributed by atoms with Crippen LogP contribution in [-0.4, -0.2) is 20.6 Å². The molecule has 0 saturated heterocycles. The summed E-state index contributed by atoms with van der Waals surface area (Å²) in [6, 6.07) is 3.73. The Morgan fingerprint density at radius 3 is 2.81 bits per heavy atom. The van der Waals surface area contributed by atoms with Gasteiger partial charge in [0.25, 0.3) is 11.6 Å². The lowest BCUT2D eigenvalue weighted by Gasteiger charge is -2.06. The van der Waals surface area contributed by atoms with Crippen LogP contribution in [0, 0.1) is 10.1 Å². The molecule has 0 atom stereocenters. The maximum Gasteiger partial charge on any atom is 0.270 e. The SMILES string of the molecule is CCc1nn(C)cc1NC(=O)c1ccc([N+](=O)[O-])cc1Cl. The first-order valence-corrected chi connectivity index (χ1v) is 6.58. The van der Waals surface area contributed by atoms with Crippen LogP contribution in [0.3, 0.4) is 0 Å². The Bertz CT molecular complexity index is 711. The normalized spacial score (nSPS) is 10.4. The van der Waals surface area contributed by atoms with Crippen molar-refractivity contribution in [3.8, 4) is 0 Å². The number of non-ortho nitro benzene ring substituents is 1. The van der Waals surface area contributed by atoms with Gasteiger partial charge in [-0.25, -0.2) is 0 Å². The molecule has 0 spiro atoms. The largest absolute Gasteiger partial charge is 0.319 e. The van der Waals surface area contributed by atoms with Crippen molar-refractivity contribution in [1.82, 2.24) is 9.78 Å². The second-order valence-electron chi connectivity index (χ2n) is 4.39. The molecule has 1 heterocycles. The quantitative estimate of drug-likeness (QED) is 0.694. The summed E-state index contributed by atoms with van der Waals surface area (Å²) in [6.45, 7) is 1.93. The Morgan fingerprint density at radius 2 is 2.24 bits per heavy atom. The molecule has 1 amide bonds. The minimum absolute atomic E-state index is 0.0311. The number of aryl methyl sites for hydroxylation is 2. The fraction of sp³-hybridized carbons (Fsp3) is 0.231. The van der Waals surface area contributed by atoms with Gasteiger partial charge in [-0.1, -0.05) is 18.5 Å². The van der Waals surface area contributed by atoms with Gasteiger partial charge in [0.1, 0.15) is 0 Å². The zero-order valence-electron chi connectivity index (χ0n) is 11.5. The van der Waals surface area contributed by atoms with E-state index < -0.39 is 10.8 Å². The average Bonchev–Trinajstić information content (AvgIpc) is 2.78. The molecule has 0 aliphatic heterocycles. The van der Waals surface area contributed by atoms with E-state index in [4.69, 9.17) is 11.6 Å². The average molecular weight is 309 g/mol. The van der Waals surface area contributed by atoms with Gasteiger partial charge in [0.2, 0.25) is 0 Å². The number of carbonyl (C=O) groups is 1. The molecule has 0 fully saturated rings. The first kappa shape index (κ1) is 15.0. The van der Waals surface area contributed by atoms with E-state index in [1.807, 2.05) is 6.92 Å². The van der Waals surface area contributed by atoms with Gasteiger partial charge in [0.15, 0.2) is 0 Å². The van der Waals surface area contributed by atoms with Gasteiger partial charge in [-0.15, -0.1) is 0 Å². The van der Waals surface area contributed by atoms with Crippen molar-refractivity contribution >= 4 is 28.9 Å². The minimum Gasteiger partial charge on any atom is -0.319 e. The van der Waals surface area contributed by atoms with E-state index in [2.05, 4.69) is 10.4 Å². The van der Waals surface area contributed by atoms with E-state index in [9.17, 15) is 14.9 Å². The molecule has 7 nitrogen and oxygen atoms in total. The van der Waals surface area contributed by atoms with Gasteiger partial charge in [0.05, 0.1) is 26.9 Å². The molecule has 0 unspecified atom stereocenters. The third-order valence-electron chi connectivity index (χ3n) is 2.90. The lowest BCUT2D eigenvalue weighted by atomic mass is 10.2. The van der Waals surface area contributed by atoms with Crippen molar-refractivity contribution in [3.05, 3.63) is 50.8 Å². The number of nitro benzene ring substituents is 1. The van der Waals surface area contributed by atoms with E-state index in [1.54, 1.807) is 17.9 Å². The lowest BCUT2D eigenvalue weighted by molar-refractivity contribution is -0.384. The van der Waals surface area contributed by atoms with E-state index >= 15 is 0 Å². The monoisotopic (exact) mass is 308 g/mol. The van der Waals surface area contributed by atoms with E-state index in [-0.39, 0.29) is 16.3 Å². The summed E-state index contributed by atoms with van der Waals surface area (Å²) < 4.78 is 1.60. The number of hydrogen-bond acceptors (Lipinski definition) is 4. The number of nitrogens with one attached hydrogen (secondary N) is 1. The van der Waals surface area contributed by atoms with Crippen molar-refractivity contribution in [2.45, 2.75) is 13.3 Å². The summed E-state index contributed by atoms with van der Waals surface area (Å²) in [4.78, 5) is 22.3. The highest BCUT2D eigenvalue weighted by atomic mass is 35.5. The minimum atomic E-state index is -0.566. The summed E-state index contributed by atoms with van der Waals surface area (Å²) in [5.41, 5.74) is 1.36. The van der Waals surface area contributed by atoms with Crippen LogP contribution in [0.2, 0.25) is 5.02 Å². The van der Waals surface area contributed by atoms with Crippen molar-refractivity contribution in [2.75, 3.05) is 5.32 Å². The zero-order chi connectivity index (χ0) is 15.6. The van der Waals surface area contributed by atoms with Crippen LogP contribution in [0.4, 0.5) is 11.4 Å². The number of benzene rings is 1. The van der Waals surface area contributed by atoms with Gasteiger partial charge in [-0.3, -0.25) is 19.6 Å². The molecule has 2 rings (SSSR count). The lowest BCUT2D eigenvalue weighted by Crippen LogP contribution is -2.13. The van der Waals surface area contributed by atoms with Crippen molar-refractivity contribution in [3.63, 3.8) is 0 Å². The van der Waals surface area contributed by atoms with Gasteiger partial charge in [0, 0.05) is 25.4 Å². The topological polar surface area (TPSA) is 90.1 Å². The molecule has 1 aromatic heterocycles. The molecule has 0 bridgehead atoms. The molecule has 0 saturated carbocycles. The summed E-state index contributed by atoms with van der Waals surface area (Å²) in [6.07, 6.45) is 2.36. The number of anilines is 1. The maximum absolute atomic E-state index is 12.2. The third kappa shape index (κ3) is 3.19. The van der Waals surface area contributed by atoms with Gasteiger partial charge < -0.3 is 5.32 Å². The highest BCUT2D eigenvalue weighted by Gasteiger charge is 2.17. The predicted octanol–water partition coefficient (Wildman–Crippen LogP) is 2.80. The van der Waals surface area contributed by atoms with E-state index in [0.29, 0.717) is 12.1 Å². The maximum atomic E-state index is 12.2. The molecule has 0 aliphatic carbocycles.